The highest BCUT2D eigenvalue weighted by molar-refractivity contribution is 5.10. The molecule has 1 nitrogen and oxygen atoms in total. The number of rotatable bonds is 1. The lowest BCUT2D eigenvalue weighted by Crippen LogP contribution is -2.50. The third-order valence-corrected chi connectivity index (χ3v) is 1.18. The van der Waals surface area contributed by atoms with Crippen molar-refractivity contribution >= 4 is 0 Å². The van der Waals surface area contributed by atoms with Gasteiger partial charge in [0.05, 0.1) is 0 Å². The van der Waals surface area contributed by atoms with E-state index in [0.717, 1.165) is 0 Å². The SMILES string of the molecule is FC(F)=C(N(C(F)(F)F)C(F)(F)F)C(F)(F)F. The van der Waals surface area contributed by atoms with Gasteiger partial charge in [0.15, 0.2) is 5.70 Å². The van der Waals surface area contributed by atoms with E-state index in [2.05, 4.69) is 0 Å². The van der Waals surface area contributed by atoms with Gasteiger partial charge in [-0.3, -0.25) is 0 Å². The molecule has 102 valence electrons. The second-order valence-corrected chi connectivity index (χ2v) is 2.38. The molecule has 0 aromatic carbocycles. The number of hydrogen-bond acceptors (Lipinski definition) is 1. The first-order valence-electron chi connectivity index (χ1n) is 3.25. The molecule has 12 heteroatoms. The second kappa shape index (κ2) is 4.22. The van der Waals surface area contributed by atoms with Crippen LogP contribution in [-0.2, 0) is 0 Å². The fraction of sp³-hybridized carbons (Fsp3) is 0.600. The number of halogens is 11. The van der Waals surface area contributed by atoms with E-state index in [-0.39, 0.29) is 0 Å². The number of nitrogens with zero attached hydrogens (tertiary/aromatic N) is 1. The van der Waals surface area contributed by atoms with Crippen LogP contribution in [-0.4, -0.2) is 23.7 Å². The van der Waals surface area contributed by atoms with E-state index >= 15 is 0 Å². The molecule has 0 bridgehead atoms. The van der Waals surface area contributed by atoms with Gasteiger partial charge in [-0.1, -0.05) is 0 Å². The summed E-state index contributed by atoms with van der Waals surface area (Å²) in [5.74, 6) is 0. The lowest BCUT2D eigenvalue weighted by molar-refractivity contribution is -0.372. The van der Waals surface area contributed by atoms with Crippen molar-refractivity contribution in [2.24, 2.45) is 0 Å². The number of hydrogen-bond donors (Lipinski definition) is 0. The molecule has 0 saturated carbocycles. The van der Waals surface area contributed by atoms with E-state index in [1.165, 1.54) is 0 Å². The predicted octanol–water partition coefficient (Wildman–Crippen LogP) is 4.00. The number of allylic oxidation sites excluding steroid dienone is 1. The van der Waals surface area contributed by atoms with E-state index in [0.29, 0.717) is 0 Å². The highest BCUT2D eigenvalue weighted by Gasteiger charge is 2.62. The van der Waals surface area contributed by atoms with Crippen molar-refractivity contribution in [3.05, 3.63) is 11.8 Å². The Kier molecular flexibility index (Phi) is 3.91. The molecule has 0 spiro atoms. The van der Waals surface area contributed by atoms with Crippen LogP contribution in [0.1, 0.15) is 0 Å². The molecule has 0 aliphatic carbocycles. The van der Waals surface area contributed by atoms with Crippen LogP contribution in [0, 0.1) is 0 Å². The van der Waals surface area contributed by atoms with Crippen LogP contribution >= 0.6 is 0 Å². The molecule has 0 heterocycles. The lowest BCUT2D eigenvalue weighted by Gasteiger charge is -2.30. The van der Waals surface area contributed by atoms with Gasteiger partial charge < -0.3 is 0 Å². The lowest BCUT2D eigenvalue weighted by atomic mass is 10.4. The molecule has 0 aliphatic heterocycles. The van der Waals surface area contributed by atoms with Gasteiger partial charge in [0.1, 0.15) is 0 Å². The molecule has 0 saturated heterocycles. The van der Waals surface area contributed by atoms with Crippen LogP contribution in [0.3, 0.4) is 0 Å². The summed E-state index contributed by atoms with van der Waals surface area (Å²) in [7, 11) is 0. The van der Waals surface area contributed by atoms with Gasteiger partial charge in [0.2, 0.25) is 0 Å². The minimum atomic E-state index is -6.69. The van der Waals surface area contributed by atoms with Crippen molar-refractivity contribution in [3.63, 3.8) is 0 Å². The van der Waals surface area contributed by atoms with Gasteiger partial charge in [-0.2, -0.15) is 26.9 Å². The van der Waals surface area contributed by atoms with Crippen molar-refractivity contribution < 1.29 is 48.3 Å². The van der Waals surface area contributed by atoms with Gasteiger partial charge in [-0.25, -0.2) is 0 Å². The van der Waals surface area contributed by atoms with Crippen molar-refractivity contribution in [1.82, 2.24) is 4.90 Å². The van der Waals surface area contributed by atoms with Crippen molar-refractivity contribution in [2.75, 3.05) is 0 Å². The summed E-state index contributed by atoms with van der Waals surface area (Å²) in [5, 5.41) is 0. The molecule has 0 aliphatic rings. The summed E-state index contributed by atoms with van der Waals surface area (Å²) in [6.07, 6.45) is -24.0. The van der Waals surface area contributed by atoms with E-state index in [1.807, 2.05) is 0 Å². The van der Waals surface area contributed by atoms with E-state index < -0.39 is 35.5 Å². The predicted molar refractivity (Wildman–Crippen MR) is 29.2 cm³/mol. The monoisotopic (exact) mass is 283 g/mol. The van der Waals surface area contributed by atoms with Crippen LogP contribution in [0.15, 0.2) is 11.8 Å². The largest absolute Gasteiger partial charge is 0.492 e. The van der Waals surface area contributed by atoms with Gasteiger partial charge in [0.25, 0.3) is 6.08 Å². The van der Waals surface area contributed by atoms with Gasteiger partial charge in [-0.05, 0) is 0 Å². The molecule has 0 rings (SSSR count). The fourth-order valence-electron chi connectivity index (χ4n) is 0.716. The minimum absolute atomic E-state index is 3.30. The maximum Gasteiger partial charge on any atom is 0.492 e. The van der Waals surface area contributed by atoms with Gasteiger partial charge >= 0.3 is 18.8 Å². The summed E-state index contributed by atoms with van der Waals surface area (Å²) in [6.45, 7) is 0. The van der Waals surface area contributed by atoms with Crippen molar-refractivity contribution in [2.45, 2.75) is 18.8 Å². The minimum Gasteiger partial charge on any atom is -0.183 e. The Balaban J connectivity index is 5.87. The molecule has 0 amide bonds. The third kappa shape index (κ3) is 3.93. The first-order valence-corrected chi connectivity index (χ1v) is 3.25. The summed E-state index contributed by atoms with van der Waals surface area (Å²) in [4.78, 5) is -3.30. The molecule has 0 N–H and O–H groups in total. The van der Waals surface area contributed by atoms with E-state index in [4.69, 9.17) is 0 Å². The smallest absolute Gasteiger partial charge is 0.183 e. The topological polar surface area (TPSA) is 3.24 Å². The summed E-state index contributed by atoms with van der Waals surface area (Å²) < 4.78 is 129. The molecule has 0 aromatic rings. The van der Waals surface area contributed by atoms with Crippen LogP contribution in [0.5, 0.6) is 0 Å². The maximum atomic E-state index is 11.7. The summed E-state index contributed by atoms with van der Waals surface area (Å²) in [5.41, 5.74) is -4.11. The van der Waals surface area contributed by atoms with E-state index in [1.54, 1.807) is 0 Å². The van der Waals surface area contributed by atoms with Crippen LogP contribution in [0.2, 0.25) is 0 Å². The van der Waals surface area contributed by atoms with Gasteiger partial charge in [-0.15, -0.1) is 26.3 Å². The zero-order valence-corrected chi connectivity index (χ0v) is 7.10. The third-order valence-electron chi connectivity index (χ3n) is 1.18. The first kappa shape index (κ1) is 15.8. The Hall–Kier alpha value is -1.23. The average Bonchev–Trinajstić information content (AvgIpc) is 1.91. The molecular weight excluding hydrogens is 283 g/mol. The highest BCUT2D eigenvalue weighted by Crippen LogP contribution is 2.44. The maximum absolute atomic E-state index is 11.7. The molecule has 0 atom stereocenters. The number of alkyl halides is 9. The molecule has 0 unspecified atom stereocenters. The Bertz CT molecular complexity index is 285. The Morgan fingerprint density at radius 3 is 1.00 bits per heavy atom. The zero-order chi connectivity index (χ0) is 14.2. The molecule has 0 aromatic heterocycles. The average molecular weight is 283 g/mol. The quantitative estimate of drug-likeness (QED) is 0.519. The summed E-state index contributed by atoms with van der Waals surface area (Å²) >= 11 is 0. The van der Waals surface area contributed by atoms with Crippen molar-refractivity contribution in [1.29, 1.82) is 0 Å². The van der Waals surface area contributed by atoms with Crippen molar-refractivity contribution in [3.8, 4) is 0 Å². The highest BCUT2D eigenvalue weighted by atomic mass is 19.4. The van der Waals surface area contributed by atoms with Crippen LogP contribution < -0.4 is 0 Å². The molecule has 0 radical (unpaired) electrons. The van der Waals surface area contributed by atoms with E-state index in [9.17, 15) is 48.3 Å². The summed E-state index contributed by atoms with van der Waals surface area (Å²) in [6, 6.07) is 0. The van der Waals surface area contributed by atoms with Crippen LogP contribution in [0.25, 0.3) is 0 Å². The molecular formula is C5F11N. The van der Waals surface area contributed by atoms with Crippen LogP contribution in [0.4, 0.5) is 48.3 Å². The fourth-order valence-corrected chi connectivity index (χ4v) is 0.716. The van der Waals surface area contributed by atoms with Gasteiger partial charge in [0, 0.05) is 0 Å². The zero-order valence-electron chi connectivity index (χ0n) is 7.10. The Labute approximate surface area is 85.1 Å². The Morgan fingerprint density at radius 2 is 0.941 bits per heavy atom. The molecule has 17 heavy (non-hydrogen) atoms. The second-order valence-electron chi connectivity index (χ2n) is 2.38. The molecule has 0 fully saturated rings. The first-order chi connectivity index (χ1) is 7.19. The normalized spacial score (nSPS) is 13.6. The standard InChI is InChI=1S/C5F11N/c6-2(7)1(3(8,9)10)17(4(11,12)13)5(14,15)16. The Morgan fingerprint density at radius 1 is 0.647 bits per heavy atom.